The number of aryl methyl sites for hydroxylation is 1. The Morgan fingerprint density at radius 2 is 2.33 bits per heavy atom. The Kier molecular flexibility index (Phi) is 3.91. The quantitative estimate of drug-likeness (QED) is 0.797. The number of halogens is 1. The molecule has 1 amide bonds. The molecule has 1 fully saturated rings. The lowest BCUT2D eigenvalue weighted by atomic mass is 9.94. The van der Waals surface area contributed by atoms with Crippen molar-refractivity contribution in [3.05, 3.63) is 19.4 Å². The van der Waals surface area contributed by atoms with Crippen LogP contribution in [0, 0.1) is 2.88 Å². The van der Waals surface area contributed by atoms with E-state index in [1.165, 1.54) is 27.7 Å². The van der Waals surface area contributed by atoms with Crippen LogP contribution in [0.15, 0.2) is 6.07 Å². The number of amides is 1. The number of hydrogen-bond donors (Lipinski definition) is 2. The highest BCUT2D eigenvalue weighted by Gasteiger charge is 2.25. The van der Waals surface area contributed by atoms with Crippen molar-refractivity contribution in [2.75, 3.05) is 6.54 Å². The molecule has 3 rings (SSSR count). The van der Waals surface area contributed by atoms with Crippen LogP contribution in [0.25, 0.3) is 0 Å². The van der Waals surface area contributed by atoms with Crippen molar-refractivity contribution in [1.29, 1.82) is 0 Å². The summed E-state index contributed by atoms with van der Waals surface area (Å²) in [6.45, 7) is 0.905. The predicted molar refractivity (Wildman–Crippen MR) is 81.9 cm³/mol. The standard InChI is InChI=1S/C13H17IN2OS/c14-12-6-9-10(2-1-3-11(9)18-12)15-7-8-4-5-13(17)16-8/h6,8,10,15H,1-5,7H2,(H,16,17). The van der Waals surface area contributed by atoms with Gasteiger partial charge in [0.2, 0.25) is 5.91 Å². The molecule has 0 bridgehead atoms. The summed E-state index contributed by atoms with van der Waals surface area (Å²) in [5, 5.41) is 6.66. The average Bonchev–Trinajstić information content (AvgIpc) is 2.91. The molecule has 1 aliphatic heterocycles. The Bertz CT molecular complexity index is 460. The SMILES string of the molecule is O=C1CCC(CNC2CCCc3sc(I)cc32)N1. The second kappa shape index (κ2) is 5.46. The van der Waals surface area contributed by atoms with E-state index in [9.17, 15) is 4.79 Å². The second-order valence-electron chi connectivity index (χ2n) is 5.09. The summed E-state index contributed by atoms with van der Waals surface area (Å²) >= 11 is 4.34. The van der Waals surface area contributed by atoms with Crippen molar-refractivity contribution >= 4 is 39.8 Å². The van der Waals surface area contributed by atoms with Gasteiger partial charge in [-0.3, -0.25) is 4.79 Å². The minimum atomic E-state index is 0.205. The summed E-state index contributed by atoms with van der Waals surface area (Å²) in [4.78, 5) is 12.7. The van der Waals surface area contributed by atoms with Gasteiger partial charge in [0.15, 0.2) is 0 Å². The van der Waals surface area contributed by atoms with Gasteiger partial charge >= 0.3 is 0 Å². The molecule has 5 heteroatoms. The number of hydrogen-bond acceptors (Lipinski definition) is 3. The van der Waals surface area contributed by atoms with Crippen LogP contribution in [0.1, 0.15) is 42.2 Å². The molecule has 3 nitrogen and oxygen atoms in total. The zero-order valence-corrected chi connectivity index (χ0v) is 13.1. The van der Waals surface area contributed by atoms with E-state index >= 15 is 0 Å². The third-order valence-corrected chi connectivity index (χ3v) is 5.75. The number of nitrogens with one attached hydrogen (secondary N) is 2. The monoisotopic (exact) mass is 376 g/mol. The Labute approximate surface area is 125 Å². The first-order chi connectivity index (χ1) is 8.72. The Balaban J connectivity index is 1.62. The van der Waals surface area contributed by atoms with E-state index in [1.54, 1.807) is 4.88 Å². The topological polar surface area (TPSA) is 41.1 Å². The molecule has 2 heterocycles. The van der Waals surface area contributed by atoms with E-state index in [0.29, 0.717) is 18.5 Å². The Morgan fingerprint density at radius 1 is 1.44 bits per heavy atom. The minimum Gasteiger partial charge on any atom is -0.352 e. The first kappa shape index (κ1) is 12.9. The normalized spacial score (nSPS) is 27.1. The van der Waals surface area contributed by atoms with Crippen molar-refractivity contribution in [2.45, 2.75) is 44.2 Å². The van der Waals surface area contributed by atoms with Gasteiger partial charge in [-0.15, -0.1) is 11.3 Å². The Morgan fingerprint density at radius 3 is 3.11 bits per heavy atom. The van der Waals surface area contributed by atoms with Crippen LogP contribution < -0.4 is 10.6 Å². The molecule has 1 aromatic rings. The summed E-state index contributed by atoms with van der Waals surface area (Å²) in [7, 11) is 0. The van der Waals surface area contributed by atoms with Crippen LogP contribution in [-0.2, 0) is 11.2 Å². The van der Waals surface area contributed by atoms with Gasteiger partial charge in [-0.25, -0.2) is 0 Å². The molecule has 1 aromatic heterocycles. The predicted octanol–water partition coefficient (Wildman–Crippen LogP) is 2.60. The summed E-state index contributed by atoms with van der Waals surface area (Å²) < 4.78 is 1.39. The number of fused-ring (bicyclic) bond motifs is 1. The molecule has 98 valence electrons. The van der Waals surface area contributed by atoms with E-state index in [4.69, 9.17) is 0 Å². The van der Waals surface area contributed by atoms with E-state index in [0.717, 1.165) is 13.0 Å². The third-order valence-electron chi connectivity index (χ3n) is 3.78. The number of carbonyl (C=O) groups is 1. The van der Waals surface area contributed by atoms with Crippen molar-refractivity contribution in [1.82, 2.24) is 10.6 Å². The van der Waals surface area contributed by atoms with Gasteiger partial charge in [-0.2, -0.15) is 0 Å². The molecule has 2 aliphatic rings. The average molecular weight is 376 g/mol. The van der Waals surface area contributed by atoms with E-state index < -0.39 is 0 Å². The van der Waals surface area contributed by atoms with Gasteiger partial charge in [-0.1, -0.05) is 0 Å². The van der Waals surface area contributed by atoms with E-state index in [-0.39, 0.29) is 5.91 Å². The van der Waals surface area contributed by atoms with Crippen molar-refractivity contribution in [3.63, 3.8) is 0 Å². The molecule has 0 saturated carbocycles. The maximum atomic E-state index is 11.2. The molecule has 2 atom stereocenters. The fourth-order valence-electron chi connectivity index (χ4n) is 2.85. The summed E-state index contributed by atoms with van der Waals surface area (Å²) in [5.41, 5.74) is 1.50. The molecule has 1 aliphatic carbocycles. The summed E-state index contributed by atoms with van der Waals surface area (Å²) in [5.74, 6) is 0.205. The van der Waals surface area contributed by atoms with Gasteiger partial charge in [0.25, 0.3) is 0 Å². The number of rotatable bonds is 3. The fraction of sp³-hybridized carbons (Fsp3) is 0.615. The lowest BCUT2D eigenvalue weighted by Crippen LogP contribution is -2.37. The van der Waals surface area contributed by atoms with E-state index in [1.807, 2.05) is 11.3 Å². The maximum absolute atomic E-state index is 11.2. The lowest BCUT2D eigenvalue weighted by Gasteiger charge is -2.25. The molecule has 1 saturated heterocycles. The molecule has 0 radical (unpaired) electrons. The molecule has 18 heavy (non-hydrogen) atoms. The van der Waals surface area contributed by atoms with E-state index in [2.05, 4.69) is 39.3 Å². The summed E-state index contributed by atoms with van der Waals surface area (Å²) in [6, 6.07) is 3.15. The highest BCUT2D eigenvalue weighted by Crippen LogP contribution is 2.36. The number of thiophene rings is 1. The first-order valence-electron chi connectivity index (χ1n) is 6.53. The van der Waals surface area contributed by atoms with Gasteiger partial charge < -0.3 is 10.6 Å². The zero-order chi connectivity index (χ0) is 12.5. The second-order valence-corrected chi connectivity index (χ2v) is 8.12. The van der Waals surface area contributed by atoms with Crippen molar-refractivity contribution in [2.24, 2.45) is 0 Å². The van der Waals surface area contributed by atoms with Crippen LogP contribution in [-0.4, -0.2) is 18.5 Å². The van der Waals surface area contributed by atoms with Crippen LogP contribution in [0.2, 0.25) is 0 Å². The largest absolute Gasteiger partial charge is 0.352 e. The maximum Gasteiger partial charge on any atom is 0.220 e. The smallest absolute Gasteiger partial charge is 0.220 e. The highest BCUT2D eigenvalue weighted by atomic mass is 127. The molecule has 2 N–H and O–H groups in total. The minimum absolute atomic E-state index is 0.205. The van der Waals surface area contributed by atoms with Crippen LogP contribution in [0.3, 0.4) is 0 Å². The fourth-order valence-corrected chi connectivity index (χ4v) is 4.97. The number of carbonyl (C=O) groups excluding carboxylic acids is 1. The first-order valence-corrected chi connectivity index (χ1v) is 8.43. The Hall–Kier alpha value is -0.140. The van der Waals surface area contributed by atoms with Gasteiger partial charge in [0.1, 0.15) is 0 Å². The van der Waals surface area contributed by atoms with Crippen LogP contribution >= 0.6 is 33.9 Å². The molecule has 2 unspecified atom stereocenters. The molecular formula is C13H17IN2OS. The zero-order valence-electron chi connectivity index (χ0n) is 10.2. The summed E-state index contributed by atoms with van der Waals surface area (Å²) in [6.07, 6.45) is 5.41. The highest BCUT2D eigenvalue weighted by molar-refractivity contribution is 14.1. The van der Waals surface area contributed by atoms with Gasteiger partial charge in [0.05, 0.1) is 2.88 Å². The van der Waals surface area contributed by atoms with Gasteiger partial charge in [-0.05, 0) is 59.9 Å². The van der Waals surface area contributed by atoms with Crippen LogP contribution in [0.5, 0.6) is 0 Å². The van der Waals surface area contributed by atoms with Crippen molar-refractivity contribution < 1.29 is 4.79 Å². The molecular weight excluding hydrogens is 359 g/mol. The third kappa shape index (κ3) is 2.72. The van der Waals surface area contributed by atoms with Gasteiger partial charge in [0, 0.05) is 29.9 Å². The van der Waals surface area contributed by atoms with Crippen molar-refractivity contribution in [3.8, 4) is 0 Å². The molecule has 0 spiro atoms. The lowest BCUT2D eigenvalue weighted by molar-refractivity contribution is -0.119. The molecule has 0 aromatic carbocycles. The van der Waals surface area contributed by atoms with Crippen LogP contribution in [0.4, 0.5) is 0 Å².